The first kappa shape index (κ1) is 22.9. The third kappa shape index (κ3) is 4.79. The first-order valence-electron chi connectivity index (χ1n) is 9.81. The number of hydroxylamine groups is 1. The zero-order chi connectivity index (χ0) is 22.8. The third-order valence-electron chi connectivity index (χ3n) is 5.69. The molecule has 31 heavy (non-hydrogen) atoms. The van der Waals surface area contributed by atoms with Crippen LogP contribution in [0.1, 0.15) is 43.9 Å². The van der Waals surface area contributed by atoms with Gasteiger partial charge >= 0.3 is 0 Å². The third-order valence-corrected chi connectivity index (χ3v) is 7.68. The highest BCUT2D eigenvalue weighted by Gasteiger charge is 2.47. The molecule has 0 bridgehead atoms. The van der Waals surface area contributed by atoms with Crippen LogP contribution in [0.15, 0.2) is 53.7 Å². The van der Waals surface area contributed by atoms with E-state index in [0.29, 0.717) is 12.1 Å². The van der Waals surface area contributed by atoms with Crippen molar-refractivity contribution < 1.29 is 28.4 Å². The van der Waals surface area contributed by atoms with E-state index in [1.807, 2.05) is 48.5 Å². The van der Waals surface area contributed by atoms with Crippen molar-refractivity contribution >= 4 is 21.5 Å². The van der Waals surface area contributed by atoms with Crippen LogP contribution < -0.4 is 5.48 Å². The Morgan fingerprint density at radius 1 is 1.16 bits per heavy atom. The van der Waals surface area contributed by atoms with E-state index in [2.05, 4.69) is 5.16 Å². The quantitative estimate of drug-likeness (QED) is 0.443. The highest BCUT2D eigenvalue weighted by Crippen LogP contribution is 2.30. The van der Waals surface area contributed by atoms with Gasteiger partial charge in [0, 0.05) is 19.1 Å². The Morgan fingerprint density at radius 3 is 2.16 bits per heavy atom. The van der Waals surface area contributed by atoms with E-state index in [1.165, 1.54) is 12.4 Å². The van der Waals surface area contributed by atoms with Crippen molar-refractivity contribution in [3.63, 3.8) is 0 Å². The Hall–Kier alpha value is -2.75. The normalized spacial score (nSPS) is 19.1. The molecule has 0 spiro atoms. The number of carbonyl (C=O) groups excluding carboxylic acids is 1. The van der Waals surface area contributed by atoms with Crippen LogP contribution in [0.2, 0.25) is 0 Å². The van der Waals surface area contributed by atoms with Gasteiger partial charge in [-0.15, -0.1) is 0 Å². The number of carbonyl (C=O) groups is 1. The average molecular weight is 447 g/mol. The van der Waals surface area contributed by atoms with Crippen LogP contribution in [-0.4, -0.2) is 47.5 Å². The molecule has 0 aromatic heterocycles. The maximum Gasteiger partial charge on any atom is 0.264 e. The minimum absolute atomic E-state index is 0.140. The number of hydrogen-bond acceptors (Lipinski definition) is 7. The molecule has 1 amide bonds. The van der Waals surface area contributed by atoms with E-state index >= 15 is 0 Å². The molecule has 1 heterocycles. The van der Waals surface area contributed by atoms with Crippen molar-refractivity contribution in [1.82, 2.24) is 5.48 Å². The molecule has 2 aromatic carbocycles. The summed E-state index contributed by atoms with van der Waals surface area (Å²) >= 11 is 0. The molecule has 2 aromatic rings. The SMILES string of the molecule is C[C@@H](O)c1ccc(-c2ccc(C3=NO[C@@H](C[C@](C)(C(=O)NO)S(C)(=O)=O)C3)cc2)cc1. The molecule has 0 aliphatic carbocycles. The smallest absolute Gasteiger partial charge is 0.264 e. The minimum Gasteiger partial charge on any atom is -0.392 e. The maximum atomic E-state index is 12.1. The molecule has 1 aliphatic rings. The zero-order valence-corrected chi connectivity index (χ0v) is 18.4. The van der Waals surface area contributed by atoms with Gasteiger partial charge in [0.25, 0.3) is 5.91 Å². The molecular formula is C22H26N2O6S. The van der Waals surface area contributed by atoms with Crippen LogP contribution in [0, 0.1) is 0 Å². The van der Waals surface area contributed by atoms with Crippen LogP contribution in [0.3, 0.4) is 0 Å². The summed E-state index contributed by atoms with van der Waals surface area (Å²) in [7, 11) is -3.81. The predicted molar refractivity (Wildman–Crippen MR) is 116 cm³/mol. The highest BCUT2D eigenvalue weighted by atomic mass is 32.2. The van der Waals surface area contributed by atoms with Gasteiger partial charge in [-0.05, 0) is 36.1 Å². The number of rotatable bonds is 7. The Morgan fingerprint density at radius 2 is 1.68 bits per heavy atom. The van der Waals surface area contributed by atoms with Gasteiger partial charge in [0.05, 0.1) is 11.8 Å². The second kappa shape index (κ2) is 8.78. The lowest BCUT2D eigenvalue weighted by Crippen LogP contribution is -2.51. The number of aliphatic hydroxyl groups is 1. The van der Waals surface area contributed by atoms with E-state index in [0.717, 1.165) is 28.5 Å². The standard InChI is InChI=1S/C22H26N2O6S/c1-14(25)15-4-6-16(7-5-15)17-8-10-18(11-9-17)20-12-19(30-24-20)13-22(2,21(26)23-27)31(3,28)29/h4-11,14,19,25,27H,12-13H2,1-3H3,(H,23,26)/t14-,19-,22-/m1/s1. The first-order valence-corrected chi connectivity index (χ1v) is 11.7. The molecule has 1 aliphatic heterocycles. The van der Waals surface area contributed by atoms with Gasteiger partial charge in [-0.3, -0.25) is 10.0 Å². The summed E-state index contributed by atoms with van der Waals surface area (Å²) in [5, 5.41) is 22.7. The molecule has 0 saturated heterocycles. The van der Waals surface area contributed by atoms with E-state index in [1.54, 1.807) is 6.92 Å². The Bertz CT molecular complexity index is 1080. The largest absolute Gasteiger partial charge is 0.392 e. The fourth-order valence-corrected chi connectivity index (χ4v) is 4.35. The number of amides is 1. The molecule has 166 valence electrons. The average Bonchev–Trinajstić information content (AvgIpc) is 3.20. The molecule has 3 atom stereocenters. The highest BCUT2D eigenvalue weighted by molar-refractivity contribution is 7.92. The van der Waals surface area contributed by atoms with Crippen LogP contribution in [0.5, 0.6) is 0 Å². The fraction of sp³-hybridized carbons (Fsp3) is 0.364. The van der Waals surface area contributed by atoms with Crippen molar-refractivity contribution in [2.45, 2.75) is 43.6 Å². The summed E-state index contributed by atoms with van der Waals surface area (Å²) in [6, 6.07) is 15.4. The lowest BCUT2D eigenvalue weighted by Gasteiger charge is -2.26. The summed E-state index contributed by atoms with van der Waals surface area (Å²) < 4.78 is 22.5. The van der Waals surface area contributed by atoms with E-state index in [4.69, 9.17) is 10.0 Å². The van der Waals surface area contributed by atoms with Crippen molar-refractivity contribution in [3.8, 4) is 11.1 Å². The summed E-state index contributed by atoms with van der Waals surface area (Å²) in [4.78, 5) is 17.4. The van der Waals surface area contributed by atoms with Crippen molar-refractivity contribution in [2.24, 2.45) is 5.16 Å². The monoisotopic (exact) mass is 446 g/mol. The molecule has 0 unspecified atom stereocenters. The van der Waals surface area contributed by atoms with Crippen LogP contribution in [0.4, 0.5) is 0 Å². The molecule has 0 fully saturated rings. The van der Waals surface area contributed by atoms with Gasteiger partial charge in [-0.2, -0.15) is 0 Å². The lowest BCUT2D eigenvalue weighted by atomic mass is 9.95. The summed E-state index contributed by atoms with van der Waals surface area (Å²) in [6.07, 6.45) is 0.0221. The van der Waals surface area contributed by atoms with E-state index in [9.17, 15) is 18.3 Å². The van der Waals surface area contributed by atoms with Gasteiger partial charge < -0.3 is 9.94 Å². The van der Waals surface area contributed by atoms with Crippen molar-refractivity contribution in [3.05, 3.63) is 59.7 Å². The molecule has 3 N–H and O–H groups in total. The van der Waals surface area contributed by atoms with Crippen molar-refractivity contribution in [2.75, 3.05) is 6.26 Å². The molecule has 0 saturated carbocycles. The Kier molecular flexibility index (Phi) is 6.49. The minimum atomic E-state index is -3.81. The van der Waals surface area contributed by atoms with Gasteiger partial charge in [0.1, 0.15) is 6.10 Å². The van der Waals surface area contributed by atoms with Gasteiger partial charge in [0.2, 0.25) is 0 Å². The van der Waals surface area contributed by atoms with Crippen LogP contribution in [-0.2, 0) is 19.5 Å². The number of sulfone groups is 1. The van der Waals surface area contributed by atoms with Crippen LogP contribution >= 0.6 is 0 Å². The van der Waals surface area contributed by atoms with E-state index < -0.39 is 32.7 Å². The topological polar surface area (TPSA) is 125 Å². The van der Waals surface area contributed by atoms with Gasteiger partial charge in [-0.1, -0.05) is 53.7 Å². The second-order valence-corrected chi connectivity index (χ2v) is 10.4. The van der Waals surface area contributed by atoms with Gasteiger partial charge in [0.15, 0.2) is 14.6 Å². The number of nitrogens with one attached hydrogen (secondary N) is 1. The van der Waals surface area contributed by atoms with Crippen LogP contribution in [0.25, 0.3) is 11.1 Å². The zero-order valence-electron chi connectivity index (χ0n) is 17.6. The maximum absolute atomic E-state index is 12.1. The van der Waals surface area contributed by atoms with E-state index in [-0.39, 0.29) is 6.42 Å². The number of nitrogens with zero attached hydrogens (tertiary/aromatic N) is 1. The first-order chi connectivity index (χ1) is 14.5. The predicted octanol–water partition coefficient (Wildman–Crippen LogP) is 2.60. The Labute approximate surface area is 181 Å². The van der Waals surface area contributed by atoms with Crippen molar-refractivity contribution in [1.29, 1.82) is 0 Å². The number of hydrogen-bond donors (Lipinski definition) is 3. The summed E-state index contributed by atoms with van der Waals surface area (Å²) in [6.45, 7) is 2.98. The Balaban J connectivity index is 1.70. The molecule has 0 radical (unpaired) electrons. The van der Waals surface area contributed by atoms with Gasteiger partial charge in [-0.25, -0.2) is 13.9 Å². The summed E-state index contributed by atoms with van der Waals surface area (Å²) in [5.74, 6) is -1.00. The molecule has 9 heteroatoms. The molecule has 3 rings (SSSR count). The number of oxime groups is 1. The molecule has 8 nitrogen and oxygen atoms in total. The number of aliphatic hydroxyl groups excluding tert-OH is 1. The summed E-state index contributed by atoms with van der Waals surface area (Å²) in [5.41, 5.74) is 5.78. The second-order valence-electron chi connectivity index (χ2n) is 7.99. The fourth-order valence-electron chi connectivity index (χ4n) is 3.48. The lowest BCUT2D eigenvalue weighted by molar-refractivity contribution is -0.132. The molecular weight excluding hydrogens is 420 g/mol. The number of benzene rings is 2.